The van der Waals surface area contributed by atoms with Crippen LogP contribution in [-0.2, 0) is 4.79 Å². The molecule has 1 aromatic rings. The van der Waals surface area contributed by atoms with Crippen LogP contribution < -0.4 is 10.1 Å². The van der Waals surface area contributed by atoms with Crippen molar-refractivity contribution in [2.75, 3.05) is 13.7 Å². The van der Waals surface area contributed by atoms with Crippen molar-refractivity contribution in [3.8, 4) is 5.75 Å². The van der Waals surface area contributed by atoms with Gasteiger partial charge in [0.05, 0.1) is 13.2 Å². The number of carbonyl (C=O) groups is 1. The van der Waals surface area contributed by atoms with Gasteiger partial charge in [-0.3, -0.25) is 4.79 Å². The molecule has 1 atom stereocenters. The standard InChI is InChI=1S/C17H27NO3/c1-12(2)10-17(3,4)16(20)18-11-15(19)13-7-6-8-14(9-13)21-5/h6-9,12,15,19H,10-11H2,1-5H3,(H,18,20). The van der Waals surface area contributed by atoms with Gasteiger partial charge in [0.15, 0.2) is 0 Å². The zero-order valence-electron chi connectivity index (χ0n) is 13.6. The van der Waals surface area contributed by atoms with Crippen LogP contribution in [0.25, 0.3) is 0 Å². The highest BCUT2D eigenvalue weighted by Crippen LogP contribution is 2.25. The summed E-state index contributed by atoms with van der Waals surface area (Å²) in [6.07, 6.45) is 0.0765. The molecule has 1 rings (SSSR count). The largest absolute Gasteiger partial charge is 0.497 e. The van der Waals surface area contributed by atoms with Crippen LogP contribution >= 0.6 is 0 Å². The van der Waals surface area contributed by atoms with Crippen molar-refractivity contribution in [1.82, 2.24) is 5.32 Å². The number of rotatable bonds is 7. The Bertz CT molecular complexity index is 469. The summed E-state index contributed by atoms with van der Waals surface area (Å²) >= 11 is 0. The average Bonchev–Trinajstić information content (AvgIpc) is 2.42. The Morgan fingerprint density at radius 3 is 2.62 bits per heavy atom. The summed E-state index contributed by atoms with van der Waals surface area (Å²) in [5.74, 6) is 1.12. The van der Waals surface area contributed by atoms with Crippen molar-refractivity contribution in [2.24, 2.45) is 11.3 Å². The lowest BCUT2D eigenvalue weighted by atomic mass is 9.83. The number of benzene rings is 1. The Labute approximate surface area is 127 Å². The minimum atomic E-state index is -0.737. The summed E-state index contributed by atoms with van der Waals surface area (Å²) in [5, 5.41) is 13.0. The molecule has 0 heterocycles. The van der Waals surface area contributed by atoms with Gasteiger partial charge in [0.2, 0.25) is 5.91 Å². The lowest BCUT2D eigenvalue weighted by molar-refractivity contribution is -0.130. The highest BCUT2D eigenvalue weighted by Gasteiger charge is 2.28. The summed E-state index contributed by atoms with van der Waals surface area (Å²) in [7, 11) is 1.59. The molecule has 0 aliphatic rings. The quantitative estimate of drug-likeness (QED) is 0.812. The Kier molecular flexibility index (Phi) is 6.21. The molecule has 0 saturated heterocycles. The van der Waals surface area contributed by atoms with E-state index in [9.17, 15) is 9.90 Å². The van der Waals surface area contributed by atoms with Crippen molar-refractivity contribution in [3.63, 3.8) is 0 Å². The average molecular weight is 293 g/mol. The summed E-state index contributed by atoms with van der Waals surface area (Å²) in [4.78, 5) is 12.2. The first kappa shape index (κ1) is 17.5. The Morgan fingerprint density at radius 1 is 1.38 bits per heavy atom. The van der Waals surface area contributed by atoms with Crippen molar-refractivity contribution < 1.29 is 14.6 Å². The van der Waals surface area contributed by atoms with Gasteiger partial charge >= 0.3 is 0 Å². The van der Waals surface area contributed by atoms with E-state index in [4.69, 9.17) is 4.74 Å². The Hall–Kier alpha value is -1.55. The van der Waals surface area contributed by atoms with E-state index in [-0.39, 0.29) is 12.5 Å². The Morgan fingerprint density at radius 2 is 2.05 bits per heavy atom. The fraction of sp³-hybridized carbons (Fsp3) is 0.588. The molecule has 0 fully saturated rings. The van der Waals surface area contributed by atoms with Crippen LogP contribution in [-0.4, -0.2) is 24.7 Å². The summed E-state index contributed by atoms with van der Waals surface area (Å²) in [5.41, 5.74) is 0.304. The van der Waals surface area contributed by atoms with E-state index in [2.05, 4.69) is 19.2 Å². The van der Waals surface area contributed by atoms with E-state index in [0.29, 0.717) is 11.7 Å². The number of methoxy groups -OCH3 is 1. The van der Waals surface area contributed by atoms with Crippen LogP contribution in [0.3, 0.4) is 0 Å². The molecule has 0 aliphatic heterocycles. The number of aliphatic hydroxyl groups excluding tert-OH is 1. The van der Waals surface area contributed by atoms with Gasteiger partial charge in [-0.2, -0.15) is 0 Å². The number of amides is 1. The number of aliphatic hydroxyl groups is 1. The van der Waals surface area contributed by atoms with E-state index in [1.807, 2.05) is 32.0 Å². The number of hydrogen-bond acceptors (Lipinski definition) is 3. The van der Waals surface area contributed by atoms with E-state index < -0.39 is 11.5 Å². The van der Waals surface area contributed by atoms with Crippen LogP contribution in [0.1, 0.15) is 45.8 Å². The van der Waals surface area contributed by atoms with Crippen molar-refractivity contribution in [3.05, 3.63) is 29.8 Å². The predicted molar refractivity (Wildman–Crippen MR) is 84.2 cm³/mol. The second-order valence-corrected chi connectivity index (χ2v) is 6.48. The van der Waals surface area contributed by atoms with Crippen LogP contribution in [0.15, 0.2) is 24.3 Å². The normalized spacial score (nSPS) is 13.1. The van der Waals surface area contributed by atoms with Crippen molar-refractivity contribution >= 4 is 5.91 Å². The highest BCUT2D eigenvalue weighted by atomic mass is 16.5. The fourth-order valence-corrected chi connectivity index (χ4v) is 2.51. The second kappa shape index (κ2) is 7.46. The van der Waals surface area contributed by atoms with Gasteiger partial charge in [-0.1, -0.05) is 39.8 Å². The van der Waals surface area contributed by atoms with Crippen LogP contribution in [0, 0.1) is 11.3 Å². The van der Waals surface area contributed by atoms with Gasteiger partial charge in [0.1, 0.15) is 5.75 Å². The highest BCUT2D eigenvalue weighted by molar-refractivity contribution is 5.81. The maximum absolute atomic E-state index is 12.2. The molecular weight excluding hydrogens is 266 g/mol. The van der Waals surface area contributed by atoms with E-state index >= 15 is 0 Å². The Balaban J connectivity index is 2.59. The predicted octanol–water partition coefficient (Wildman–Crippen LogP) is 2.92. The van der Waals surface area contributed by atoms with Gasteiger partial charge in [0, 0.05) is 12.0 Å². The maximum atomic E-state index is 12.2. The molecule has 1 aromatic carbocycles. The minimum absolute atomic E-state index is 0.0295. The third-order valence-electron chi connectivity index (χ3n) is 3.47. The molecule has 118 valence electrons. The van der Waals surface area contributed by atoms with Gasteiger partial charge in [-0.15, -0.1) is 0 Å². The first-order chi connectivity index (χ1) is 9.76. The molecule has 0 aliphatic carbocycles. The monoisotopic (exact) mass is 293 g/mol. The van der Waals surface area contributed by atoms with Crippen LogP contribution in [0.4, 0.5) is 0 Å². The van der Waals surface area contributed by atoms with Crippen LogP contribution in [0.2, 0.25) is 0 Å². The molecule has 0 aromatic heterocycles. The second-order valence-electron chi connectivity index (χ2n) is 6.48. The van der Waals surface area contributed by atoms with Crippen molar-refractivity contribution in [1.29, 1.82) is 0 Å². The SMILES string of the molecule is COc1cccc(C(O)CNC(=O)C(C)(C)CC(C)C)c1. The van der Waals surface area contributed by atoms with Crippen LogP contribution in [0.5, 0.6) is 5.75 Å². The number of hydrogen-bond donors (Lipinski definition) is 2. The molecule has 1 unspecified atom stereocenters. The molecule has 4 heteroatoms. The van der Waals surface area contributed by atoms with Crippen molar-refractivity contribution in [2.45, 2.75) is 40.2 Å². The molecule has 1 amide bonds. The molecule has 0 bridgehead atoms. The lowest BCUT2D eigenvalue weighted by Gasteiger charge is -2.26. The maximum Gasteiger partial charge on any atom is 0.225 e. The zero-order chi connectivity index (χ0) is 16.0. The first-order valence-electron chi connectivity index (χ1n) is 7.36. The molecule has 0 spiro atoms. The molecule has 21 heavy (non-hydrogen) atoms. The minimum Gasteiger partial charge on any atom is -0.497 e. The zero-order valence-corrected chi connectivity index (χ0v) is 13.6. The third-order valence-corrected chi connectivity index (χ3v) is 3.47. The summed E-state index contributed by atoms with van der Waals surface area (Å²) < 4.78 is 5.13. The van der Waals surface area contributed by atoms with E-state index in [1.165, 1.54) is 0 Å². The molecule has 4 nitrogen and oxygen atoms in total. The van der Waals surface area contributed by atoms with Gasteiger partial charge < -0.3 is 15.2 Å². The molecular formula is C17H27NO3. The fourth-order valence-electron chi connectivity index (χ4n) is 2.51. The molecule has 2 N–H and O–H groups in total. The molecule has 0 saturated carbocycles. The first-order valence-corrected chi connectivity index (χ1v) is 7.36. The smallest absolute Gasteiger partial charge is 0.225 e. The van der Waals surface area contributed by atoms with E-state index in [0.717, 1.165) is 12.0 Å². The van der Waals surface area contributed by atoms with Gasteiger partial charge in [0.25, 0.3) is 0 Å². The number of carbonyl (C=O) groups excluding carboxylic acids is 1. The summed E-state index contributed by atoms with van der Waals surface area (Å²) in [6.45, 7) is 8.26. The number of nitrogens with one attached hydrogen (secondary N) is 1. The summed E-state index contributed by atoms with van der Waals surface area (Å²) in [6, 6.07) is 7.23. The third kappa shape index (κ3) is 5.38. The van der Waals surface area contributed by atoms with Gasteiger partial charge in [-0.05, 0) is 30.0 Å². The molecule has 0 radical (unpaired) electrons. The number of ether oxygens (including phenoxy) is 1. The van der Waals surface area contributed by atoms with E-state index in [1.54, 1.807) is 13.2 Å². The lowest BCUT2D eigenvalue weighted by Crippen LogP contribution is -2.39. The van der Waals surface area contributed by atoms with Gasteiger partial charge in [-0.25, -0.2) is 0 Å². The topological polar surface area (TPSA) is 58.6 Å².